The molecule has 21 heavy (non-hydrogen) atoms. The molecular formula is C15H14ClN3OS. The molecule has 0 amide bonds. The Bertz CT molecular complexity index is 816. The number of hydrogen-bond donors (Lipinski definition) is 1. The largest absolute Gasteiger partial charge is 0.438 e. The smallest absolute Gasteiger partial charge is 0.231 e. The van der Waals surface area contributed by atoms with Gasteiger partial charge < -0.3 is 10.5 Å². The van der Waals surface area contributed by atoms with Gasteiger partial charge >= 0.3 is 0 Å². The molecule has 0 radical (unpaired) electrons. The van der Waals surface area contributed by atoms with Crippen molar-refractivity contribution in [1.82, 2.24) is 9.97 Å². The van der Waals surface area contributed by atoms with Crippen molar-refractivity contribution in [3.05, 3.63) is 45.6 Å². The molecule has 2 heterocycles. The highest BCUT2D eigenvalue weighted by molar-refractivity contribution is 7.18. The summed E-state index contributed by atoms with van der Waals surface area (Å²) in [4.78, 5) is 10.7. The zero-order valence-electron chi connectivity index (χ0n) is 11.7. The van der Waals surface area contributed by atoms with Crippen molar-refractivity contribution in [2.24, 2.45) is 5.73 Å². The number of aromatic nitrogens is 2. The number of nitrogens with two attached hydrogens (primary N) is 1. The summed E-state index contributed by atoms with van der Waals surface area (Å²) in [6.45, 7) is 4.49. The highest BCUT2D eigenvalue weighted by Crippen LogP contribution is 2.36. The summed E-state index contributed by atoms with van der Waals surface area (Å²) in [7, 11) is 0. The first-order valence-corrected chi connectivity index (χ1v) is 7.66. The Kier molecular flexibility index (Phi) is 3.80. The minimum absolute atomic E-state index is 0.377. The molecule has 0 aliphatic carbocycles. The van der Waals surface area contributed by atoms with Crippen LogP contribution in [-0.4, -0.2) is 9.97 Å². The molecular weight excluding hydrogens is 306 g/mol. The summed E-state index contributed by atoms with van der Waals surface area (Å²) in [6.07, 6.45) is 1.51. The molecule has 6 heteroatoms. The van der Waals surface area contributed by atoms with Crippen molar-refractivity contribution in [2.45, 2.75) is 20.4 Å². The molecule has 2 N–H and O–H groups in total. The van der Waals surface area contributed by atoms with E-state index in [2.05, 4.69) is 16.9 Å². The van der Waals surface area contributed by atoms with Crippen molar-refractivity contribution in [2.75, 3.05) is 0 Å². The minimum Gasteiger partial charge on any atom is -0.438 e. The summed E-state index contributed by atoms with van der Waals surface area (Å²) < 4.78 is 5.98. The minimum atomic E-state index is 0.377. The highest BCUT2D eigenvalue weighted by atomic mass is 35.5. The molecule has 0 atom stereocenters. The number of thiophene rings is 1. The van der Waals surface area contributed by atoms with Crippen LogP contribution in [0.15, 0.2) is 24.5 Å². The number of hydrogen-bond acceptors (Lipinski definition) is 5. The second-order valence-electron chi connectivity index (χ2n) is 4.70. The molecule has 1 aromatic carbocycles. The van der Waals surface area contributed by atoms with E-state index >= 15 is 0 Å². The molecule has 0 aliphatic heterocycles. The molecule has 0 bridgehead atoms. The molecule has 0 saturated carbocycles. The van der Waals surface area contributed by atoms with Crippen molar-refractivity contribution < 1.29 is 4.74 Å². The lowest BCUT2D eigenvalue weighted by atomic mass is 10.2. The average molecular weight is 320 g/mol. The van der Waals surface area contributed by atoms with Crippen LogP contribution in [0.1, 0.15) is 16.0 Å². The van der Waals surface area contributed by atoms with Gasteiger partial charge in [0.1, 0.15) is 16.9 Å². The maximum Gasteiger partial charge on any atom is 0.231 e. The van der Waals surface area contributed by atoms with Crippen LogP contribution < -0.4 is 10.5 Å². The van der Waals surface area contributed by atoms with Crippen molar-refractivity contribution in [3.8, 4) is 11.6 Å². The molecule has 2 aromatic heterocycles. The quantitative estimate of drug-likeness (QED) is 0.785. The van der Waals surface area contributed by atoms with Gasteiger partial charge in [-0.3, -0.25) is 0 Å². The number of ether oxygens (including phenoxy) is 1. The van der Waals surface area contributed by atoms with Gasteiger partial charge in [0.05, 0.1) is 5.39 Å². The summed E-state index contributed by atoms with van der Waals surface area (Å²) in [5, 5.41) is 1.55. The lowest BCUT2D eigenvalue weighted by molar-refractivity contribution is 0.462. The molecule has 0 fully saturated rings. The number of fused-ring (bicyclic) bond motifs is 1. The molecule has 4 nitrogen and oxygen atoms in total. The maximum absolute atomic E-state index is 6.04. The third-order valence-electron chi connectivity index (χ3n) is 3.39. The van der Waals surface area contributed by atoms with Crippen molar-refractivity contribution in [1.29, 1.82) is 0 Å². The zero-order valence-corrected chi connectivity index (χ0v) is 13.3. The Hall–Kier alpha value is -1.69. The van der Waals surface area contributed by atoms with Crippen LogP contribution in [0, 0.1) is 13.8 Å². The molecule has 0 unspecified atom stereocenters. The van der Waals surface area contributed by atoms with Crippen LogP contribution in [0.25, 0.3) is 10.2 Å². The van der Waals surface area contributed by atoms with Crippen LogP contribution in [0.2, 0.25) is 5.02 Å². The fraction of sp³-hybridized carbons (Fsp3) is 0.200. The van der Waals surface area contributed by atoms with Gasteiger partial charge in [-0.1, -0.05) is 17.7 Å². The monoisotopic (exact) mass is 319 g/mol. The number of rotatable bonds is 3. The number of benzene rings is 1. The summed E-state index contributed by atoms with van der Waals surface area (Å²) in [5.41, 5.74) is 7.77. The normalized spacial score (nSPS) is 11.0. The van der Waals surface area contributed by atoms with Crippen LogP contribution >= 0.6 is 22.9 Å². The van der Waals surface area contributed by atoms with E-state index in [-0.39, 0.29) is 0 Å². The van der Waals surface area contributed by atoms with Gasteiger partial charge in [-0.25, -0.2) is 9.97 Å². The molecule has 3 rings (SSSR count). The van der Waals surface area contributed by atoms with E-state index in [1.54, 1.807) is 23.5 Å². The third kappa shape index (κ3) is 2.60. The van der Waals surface area contributed by atoms with E-state index in [4.69, 9.17) is 22.1 Å². The Morgan fingerprint density at radius 1 is 1.29 bits per heavy atom. The Labute approximate surface area is 131 Å². The van der Waals surface area contributed by atoms with E-state index in [1.807, 2.05) is 13.0 Å². The van der Waals surface area contributed by atoms with Gasteiger partial charge in [-0.05, 0) is 31.5 Å². The fourth-order valence-electron chi connectivity index (χ4n) is 2.12. The highest BCUT2D eigenvalue weighted by Gasteiger charge is 2.15. The summed E-state index contributed by atoms with van der Waals surface area (Å²) in [5.74, 6) is 1.17. The first kappa shape index (κ1) is 14.3. The predicted molar refractivity (Wildman–Crippen MR) is 86.3 cm³/mol. The SMILES string of the molecule is Cc1sc2ncnc(Oc3cc(Cl)ccc3CN)c2c1C. The predicted octanol–water partition coefficient (Wildman–Crippen LogP) is 4.21. The fourth-order valence-corrected chi connectivity index (χ4v) is 3.27. The van der Waals surface area contributed by atoms with Gasteiger partial charge in [0.25, 0.3) is 0 Å². The maximum atomic E-state index is 6.04. The van der Waals surface area contributed by atoms with E-state index in [9.17, 15) is 0 Å². The van der Waals surface area contributed by atoms with E-state index < -0.39 is 0 Å². The van der Waals surface area contributed by atoms with Crippen LogP contribution in [0.3, 0.4) is 0 Å². The van der Waals surface area contributed by atoms with Gasteiger partial charge in [0, 0.05) is 22.0 Å². The molecule has 3 aromatic rings. The van der Waals surface area contributed by atoms with Crippen LogP contribution in [0.4, 0.5) is 0 Å². The van der Waals surface area contributed by atoms with E-state index in [1.165, 1.54) is 11.2 Å². The second kappa shape index (κ2) is 5.60. The Balaban J connectivity index is 2.12. The van der Waals surface area contributed by atoms with Gasteiger partial charge in [-0.2, -0.15) is 0 Å². The van der Waals surface area contributed by atoms with E-state index in [0.717, 1.165) is 21.3 Å². The molecule has 0 saturated heterocycles. The first-order chi connectivity index (χ1) is 10.1. The topological polar surface area (TPSA) is 61.0 Å². The van der Waals surface area contributed by atoms with E-state index in [0.29, 0.717) is 23.2 Å². The number of aryl methyl sites for hydroxylation is 2. The van der Waals surface area contributed by atoms with Crippen LogP contribution in [-0.2, 0) is 6.54 Å². The second-order valence-corrected chi connectivity index (χ2v) is 6.34. The Morgan fingerprint density at radius 3 is 2.86 bits per heavy atom. The first-order valence-electron chi connectivity index (χ1n) is 6.47. The van der Waals surface area contributed by atoms with Crippen molar-refractivity contribution >= 4 is 33.2 Å². The number of halogens is 1. The summed E-state index contributed by atoms with van der Waals surface area (Å²) in [6, 6.07) is 5.42. The number of nitrogens with zero attached hydrogens (tertiary/aromatic N) is 2. The molecule has 108 valence electrons. The van der Waals surface area contributed by atoms with Crippen LogP contribution in [0.5, 0.6) is 11.6 Å². The average Bonchev–Trinajstić information content (AvgIpc) is 2.75. The Morgan fingerprint density at radius 2 is 2.10 bits per heavy atom. The molecule has 0 aliphatic rings. The third-order valence-corrected chi connectivity index (χ3v) is 4.74. The lowest BCUT2D eigenvalue weighted by Crippen LogP contribution is -2.00. The van der Waals surface area contributed by atoms with Gasteiger partial charge in [0.15, 0.2) is 0 Å². The summed E-state index contributed by atoms with van der Waals surface area (Å²) >= 11 is 7.68. The molecule has 0 spiro atoms. The zero-order chi connectivity index (χ0) is 15.0. The lowest BCUT2D eigenvalue weighted by Gasteiger charge is -2.10. The van der Waals surface area contributed by atoms with Gasteiger partial charge in [0.2, 0.25) is 5.88 Å². The standard InChI is InChI=1S/C15H14ClN3OS/c1-8-9(2)21-15-13(8)14(18-7-19-15)20-12-5-11(16)4-3-10(12)6-17/h3-5,7H,6,17H2,1-2H3. The van der Waals surface area contributed by atoms with Crippen molar-refractivity contribution in [3.63, 3.8) is 0 Å². The van der Waals surface area contributed by atoms with Gasteiger partial charge in [-0.15, -0.1) is 11.3 Å².